The molecule has 1 N–H and O–H groups in total. The van der Waals surface area contributed by atoms with Crippen molar-refractivity contribution in [3.63, 3.8) is 0 Å². The quantitative estimate of drug-likeness (QED) is 0.732. The molecule has 0 unspecified atom stereocenters. The Balaban J connectivity index is 2.66. The summed E-state index contributed by atoms with van der Waals surface area (Å²) in [6, 6.07) is 8.14. The highest BCUT2D eigenvalue weighted by Gasteiger charge is 2.08. The van der Waals surface area contributed by atoms with E-state index < -0.39 is 0 Å². The van der Waals surface area contributed by atoms with E-state index >= 15 is 0 Å². The van der Waals surface area contributed by atoms with Gasteiger partial charge >= 0.3 is 0 Å². The van der Waals surface area contributed by atoms with Crippen LogP contribution in [0.1, 0.15) is 32.3 Å². The maximum absolute atomic E-state index is 9.11. The Kier molecular flexibility index (Phi) is 7.46. The van der Waals surface area contributed by atoms with E-state index in [2.05, 4.69) is 17.9 Å². The Morgan fingerprint density at radius 3 is 2.61 bits per heavy atom. The zero-order chi connectivity index (χ0) is 13.2. The van der Waals surface area contributed by atoms with Crippen molar-refractivity contribution in [1.29, 1.82) is 0 Å². The molecule has 0 aliphatic rings. The molecule has 0 aliphatic heterocycles. The molecule has 1 rings (SSSR count). The third-order valence-corrected chi connectivity index (χ3v) is 2.91. The molecule has 3 nitrogen and oxygen atoms in total. The average molecular weight is 251 g/mol. The van der Waals surface area contributed by atoms with Crippen molar-refractivity contribution < 1.29 is 9.84 Å². The molecule has 0 fully saturated rings. The second-order valence-corrected chi connectivity index (χ2v) is 4.39. The van der Waals surface area contributed by atoms with Crippen molar-refractivity contribution in [1.82, 2.24) is 4.90 Å². The molecule has 0 amide bonds. The van der Waals surface area contributed by atoms with Crippen molar-refractivity contribution in [2.24, 2.45) is 0 Å². The standard InChI is InChI=1S/C15H25NO2/c1-3-5-10-16(11-12-17)13-14-8-6-7-9-15(14)18-4-2/h6-9,17H,3-5,10-13H2,1-2H3. The Bertz CT molecular complexity index is 328. The van der Waals surface area contributed by atoms with E-state index in [0.717, 1.165) is 31.8 Å². The summed E-state index contributed by atoms with van der Waals surface area (Å²) < 4.78 is 5.63. The van der Waals surface area contributed by atoms with Gasteiger partial charge < -0.3 is 9.84 Å². The van der Waals surface area contributed by atoms with Gasteiger partial charge in [-0.1, -0.05) is 31.5 Å². The van der Waals surface area contributed by atoms with Gasteiger partial charge in [-0.2, -0.15) is 0 Å². The largest absolute Gasteiger partial charge is 0.494 e. The van der Waals surface area contributed by atoms with Crippen molar-refractivity contribution in [2.75, 3.05) is 26.3 Å². The molecule has 0 saturated carbocycles. The van der Waals surface area contributed by atoms with E-state index in [-0.39, 0.29) is 6.61 Å². The summed E-state index contributed by atoms with van der Waals surface area (Å²) in [6.45, 7) is 7.67. The third-order valence-electron chi connectivity index (χ3n) is 2.91. The maximum atomic E-state index is 9.11. The van der Waals surface area contributed by atoms with Crippen LogP contribution >= 0.6 is 0 Å². The molecule has 0 heterocycles. The average Bonchev–Trinajstić information content (AvgIpc) is 2.39. The molecule has 18 heavy (non-hydrogen) atoms. The predicted molar refractivity (Wildman–Crippen MR) is 74.9 cm³/mol. The number of hydrogen-bond acceptors (Lipinski definition) is 3. The summed E-state index contributed by atoms with van der Waals surface area (Å²) in [7, 11) is 0. The zero-order valence-electron chi connectivity index (χ0n) is 11.6. The minimum absolute atomic E-state index is 0.209. The van der Waals surface area contributed by atoms with Crippen LogP contribution in [0, 0.1) is 0 Å². The number of aliphatic hydroxyl groups is 1. The SMILES string of the molecule is CCCCN(CCO)Cc1ccccc1OCC. The summed E-state index contributed by atoms with van der Waals surface area (Å²) in [6.07, 6.45) is 2.34. The summed E-state index contributed by atoms with van der Waals surface area (Å²) >= 11 is 0. The van der Waals surface area contributed by atoms with Gasteiger partial charge in [0.15, 0.2) is 0 Å². The van der Waals surface area contributed by atoms with E-state index in [9.17, 15) is 0 Å². The first-order chi connectivity index (χ1) is 8.81. The normalized spacial score (nSPS) is 10.9. The molecule has 0 aromatic heterocycles. The van der Waals surface area contributed by atoms with E-state index in [1.165, 1.54) is 12.0 Å². The first-order valence-corrected chi connectivity index (χ1v) is 6.85. The number of rotatable bonds is 9. The molecule has 0 spiro atoms. The lowest BCUT2D eigenvalue weighted by Crippen LogP contribution is -2.27. The Morgan fingerprint density at radius 2 is 1.94 bits per heavy atom. The molecule has 102 valence electrons. The topological polar surface area (TPSA) is 32.7 Å². The zero-order valence-corrected chi connectivity index (χ0v) is 11.6. The van der Waals surface area contributed by atoms with Gasteiger partial charge in [-0.3, -0.25) is 4.90 Å². The van der Waals surface area contributed by atoms with Crippen LogP contribution in [0.25, 0.3) is 0 Å². The number of unbranched alkanes of at least 4 members (excludes halogenated alkanes) is 1. The fraction of sp³-hybridized carbons (Fsp3) is 0.600. The molecule has 0 radical (unpaired) electrons. The van der Waals surface area contributed by atoms with E-state index in [4.69, 9.17) is 9.84 Å². The minimum atomic E-state index is 0.209. The minimum Gasteiger partial charge on any atom is -0.494 e. The van der Waals surface area contributed by atoms with Crippen molar-refractivity contribution in [2.45, 2.75) is 33.2 Å². The fourth-order valence-electron chi connectivity index (χ4n) is 1.96. The highest BCUT2D eigenvalue weighted by atomic mass is 16.5. The van der Waals surface area contributed by atoms with Crippen LogP contribution in [0.5, 0.6) is 5.75 Å². The second kappa shape index (κ2) is 8.95. The monoisotopic (exact) mass is 251 g/mol. The molecule has 0 atom stereocenters. The number of nitrogens with zero attached hydrogens (tertiary/aromatic N) is 1. The van der Waals surface area contributed by atoms with Gasteiger partial charge in [-0.15, -0.1) is 0 Å². The first-order valence-electron chi connectivity index (χ1n) is 6.85. The van der Waals surface area contributed by atoms with Crippen LogP contribution in [-0.4, -0.2) is 36.3 Å². The number of para-hydroxylation sites is 1. The van der Waals surface area contributed by atoms with Crippen molar-refractivity contribution >= 4 is 0 Å². The number of hydrogen-bond donors (Lipinski definition) is 1. The van der Waals surface area contributed by atoms with Crippen LogP contribution in [0.15, 0.2) is 24.3 Å². The van der Waals surface area contributed by atoms with Crippen molar-refractivity contribution in [3.8, 4) is 5.75 Å². The molecule has 1 aromatic rings. The van der Waals surface area contributed by atoms with Gasteiger partial charge in [-0.05, 0) is 26.0 Å². The summed E-state index contributed by atoms with van der Waals surface area (Å²) in [4.78, 5) is 2.28. The van der Waals surface area contributed by atoms with Crippen LogP contribution in [0.2, 0.25) is 0 Å². The molecular formula is C15H25NO2. The third kappa shape index (κ3) is 5.07. The lowest BCUT2D eigenvalue weighted by molar-refractivity contribution is 0.186. The van der Waals surface area contributed by atoms with Crippen LogP contribution in [0.4, 0.5) is 0 Å². The molecule has 0 bridgehead atoms. The Morgan fingerprint density at radius 1 is 1.17 bits per heavy atom. The number of benzene rings is 1. The van der Waals surface area contributed by atoms with Gasteiger partial charge in [0, 0.05) is 18.7 Å². The molecule has 0 saturated heterocycles. The maximum Gasteiger partial charge on any atom is 0.123 e. The van der Waals surface area contributed by atoms with Gasteiger partial charge in [0.25, 0.3) is 0 Å². The highest BCUT2D eigenvalue weighted by Crippen LogP contribution is 2.19. The first kappa shape index (κ1) is 15.0. The van der Waals surface area contributed by atoms with E-state index in [1.54, 1.807) is 0 Å². The lowest BCUT2D eigenvalue weighted by Gasteiger charge is -2.22. The second-order valence-electron chi connectivity index (χ2n) is 4.39. The van der Waals surface area contributed by atoms with Crippen LogP contribution in [0.3, 0.4) is 0 Å². The van der Waals surface area contributed by atoms with Gasteiger partial charge in [-0.25, -0.2) is 0 Å². The Hall–Kier alpha value is -1.06. The van der Waals surface area contributed by atoms with Gasteiger partial charge in [0.2, 0.25) is 0 Å². The summed E-state index contributed by atoms with van der Waals surface area (Å²) in [5.74, 6) is 0.958. The van der Waals surface area contributed by atoms with Crippen LogP contribution < -0.4 is 4.74 Å². The lowest BCUT2D eigenvalue weighted by atomic mass is 10.1. The molecule has 0 aliphatic carbocycles. The Labute approximate surface area is 110 Å². The fourth-order valence-corrected chi connectivity index (χ4v) is 1.96. The molecule has 1 aromatic carbocycles. The van der Waals surface area contributed by atoms with Gasteiger partial charge in [0.05, 0.1) is 13.2 Å². The van der Waals surface area contributed by atoms with Gasteiger partial charge in [0.1, 0.15) is 5.75 Å². The summed E-state index contributed by atoms with van der Waals surface area (Å²) in [5, 5.41) is 9.11. The number of ether oxygens (including phenoxy) is 1. The summed E-state index contributed by atoms with van der Waals surface area (Å²) in [5.41, 5.74) is 1.20. The predicted octanol–water partition coefficient (Wildman–Crippen LogP) is 2.68. The molecule has 3 heteroatoms. The van der Waals surface area contributed by atoms with Crippen LogP contribution in [-0.2, 0) is 6.54 Å². The van der Waals surface area contributed by atoms with Crippen molar-refractivity contribution in [3.05, 3.63) is 29.8 Å². The van der Waals surface area contributed by atoms with E-state index in [0.29, 0.717) is 6.61 Å². The smallest absolute Gasteiger partial charge is 0.123 e. The highest BCUT2D eigenvalue weighted by molar-refractivity contribution is 5.33. The number of aliphatic hydroxyl groups excluding tert-OH is 1. The molecular weight excluding hydrogens is 226 g/mol. The van der Waals surface area contributed by atoms with E-state index in [1.807, 2.05) is 25.1 Å².